The van der Waals surface area contributed by atoms with E-state index in [1.807, 2.05) is 0 Å². The van der Waals surface area contributed by atoms with E-state index in [9.17, 15) is 5.11 Å². The molecule has 0 saturated heterocycles. The maximum absolute atomic E-state index is 9.30. The largest absolute Gasteiger partial charge is 0.396 e. The van der Waals surface area contributed by atoms with Gasteiger partial charge in [-0.2, -0.15) is 0 Å². The van der Waals surface area contributed by atoms with Crippen LogP contribution in [-0.4, -0.2) is 18.3 Å². The Morgan fingerprint density at radius 1 is 1.43 bits per heavy atom. The van der Waals surface area contributed by atoms with Crippen LogP contribution in [0.1, 0.15) is 24.1 Å². The van der Waals surface area contributed by atoms with Crippen LogP contribution in [0.5, 0.6) is 0 Å². The fourth-order valence-electron chi connectivity index (χ4n) is 2.34. The van der Waals surface area contributed by atoms with Crippen molar-refractivity contribution in [3.8, 4) is 0 Å². The molecule has 0 bridgehead atoms. The van der Waals surface area contributed by atoms with Crippen LogP contribution in [-0.2, 0) is 6.42 Å². The van der Waals surface area contributed by atoms with E-state index in [-0.39, 0.29) is 6.61 Å². The van der Waals surface area contributed by atoms with E-state index in [0.717, 1.165) is 13.0 Å². The molecule has 2 atom stereocenters. The number of aliphatic hydroxyl groups excluding tert-OH is 1. The number of benzene rings is 1. The molecule has 0 aromatic heterocycles. The highest BCUT2D eigenvalue weighted by molar-refractivity contribution is 5.35. The van der Waals surface area contributed by atoms with Crippen molar-refractivity contribution in [3.63, 3.8) is 0 Å². The highest BCUT2D eigenvalue weighted by Crippen LogP contribution is 2.35. The Morgan fingerprint density at radius 2 is 2.21 bits per heavy atom. The van der Waals surface area contributed by atoms with Gasteiger partial charge in [-0.15, -0.1) is 0 Å². The second kappa shape index (κ2) is 4.11. The van der Waals surface area contributed by atoms with Crippen LogP contribution < -0.4 is 5.32 Å². The predicted octanol–water partition coefficient (Wildman–Crippen LogP) is 1.50. The maximum Gasteiger partial charge on any atom is 0.0480 e. The van der Waals surface area contributed by atoms with Crippen molar-refractivity contribution in [1.82, 2.24) is 5.32 Å². The number of fused-ring (bicyclic) bond motifs is 1. The Hall–Kier alpha value is -0.860. The molecule has 2 rings (SSSR count). The lowest BCUT2D eigenvalue weighted by Crippen LogP contribution is -2.27. The smallest absolute Gasteiger partial charge is 0.0480 e. The molecule has 1 aromatic rings. The highest BCUT2D eigenvalue weighted by atomic mass is 16.3. The van der Waals surface area contributed by atoms with Crippen LogP contribution in [0, 0.1) is 5.92 Å². The van der Waals surface area contributed by atoms with Gasteiger partial charge in [-0.1, -0.05) is 31.2 Å². The Labute approximate surface area is 85.0 Å². The molecule has 0 aliphatic heterocycles. The molecule has 2 nitrogen and oxygen atoms in total. The second-order valence-electron chi connectivity index (χ2n) is 3.88. The molecule has 0 amide bonds. The van der Waals surface area contributed by atoms with Crippen LogP contribution in [0.25, 0.3) is 0 Å². The Balaban J connectivity index is 2.27. The summed E-state index contributed by atoms with van der Waals surface area (Å²) in [6.07, 6.45) is 1.00. The molecule has 2 N–H and O–H groups in total. The highest BCUT2D eigenvalue weighted by Gasteiger charge is 2.30. The van der Waals surface area contributed by atoms with Crippen molar-refractivity contribution < 1.29 is 5.11 Å². The number of nitrogens with one attached hydrogen (secondary N) is 1. The van der Waals surface area contributed by atoms with E-state index < -0.39 is 0 Å². The third-order valence-electron chi connectivity index (χ3n) is 3.00. The molecule has 2 unspecified atom stereocenters. The molecular weight excluding hydrogens is 174 g/mol. The molecule has 0 radical (unpaired) electrons. The summed E-state index contributed by atoms with van der Waals surface area (Å²) in [5.41, 5.74) is 2.76. The summed E-state index contributed by atoms with van der Waals surface area (Å²) in [6.45, 7) is 3.33. The van der Waals surface area contributed by atoms with Gasteiger partial charge in [-0.3, -0.25) is 0 Å². The number of rotatable bonds is 3. The Bertz CT molecular complexity index is 311. The fourth-order valence-corrected chi connectivity index (χ4v) is 2.34. The van der Waals surface area contributed by atoms with Crippen molar-refractivity contribution in [2.45, 2.75) is 19.4 Å². The average Bonchev–Trinajstić information content (AvgIpc) is 2.58. The van der Waals surface area contributed by atoms with Crippen LogP contribution in [0.3, 0.4) is 0 Å². The van der Waals surface area contributed by atoms with E-state index in [2.05, 4.69) is 36.5 Å². The first-order chi connectivity index (χ1) is 6.86. The minimum atomic E-state index is 0.270. The summed E-state index contributed by atoms with van der Waals surface area (Å²) in [6, 6.07) is 8.82. The molecule has 0 spiro atoms. The van der Waals surface area contributed by atoms with Gasteiger partial charge in [-0.05, 0) is 24.1 Å². The van der Waals surface area contributed by atoms with Gasteiger partial charge in [0.2, 0.25) is 0 Å². The van der Waals surface area contributed by atoms with Crippen molar-refractivity contribution in [1.29, 1.82) is 0 Å². The third kappa shape index (κ3) is 1.56. The second-order valence-corrected chi connectivity index (χ2v) is 3.88. The van der Waals surface area contributed by atoms with Gasteiger partial charge in [0.1, 0.15) is 0 Å². The molecule has 76 valence electrons. The lowest BCUT2D eigenvalue weighted by atomic mass is 10.0. The van der Waals surface area contributed by atoms with E-state index in [1.54, 1.807) is 0 Å². The quantitative estimate of drug-likeness (QED) is 0.759. The Morgan fingerprint density at radius 3 is 2.93 bits per heavy atom. The molecule has 1 aliphatic carbocycles. The molecular formula is C12H17NO. The van der Waals surface area contributed by atoms with E-state index in [1.165, 1.54) is 11.1 Å². The molecule has 1 aliphatic rings. The monoisotopic (exact) mass is 191 g/mol. The zero-order valence-corrected chi connectivity index (χ0v) is 8.53. The van der Waals surface area contributed by atoms with Gasteiger partial charge in [0.25, 0.3) is 0 Å². The molecule has 0 fully saturated rings. The minimum absolute atomic E-state index is 0.270. The minimum Gasteiger partial charge on any atom is -0.396 e. The van der Waals surface area contributed by atoms with Crippen molar-refractivity contribution in [2.24, 2.45) is 5.92 Å². The lowest BCUT2D eigenvalue weighted by Gasteiger charge is -2.19. The van der Waals surface area contributed by atoms with Crippen LogP contribution in [0.2, 0.25) is 0 Å². The zero-order chi connectivity index (χ0) is 9.97. The van der Waals surface area contributed by atoms with E-state index >= 15 is 0 Å². The summed E-state index contributed by atoms with van der Waals surface area (Å²) < 4.78 is 0. The molecule has 14 heavy (non-hydrogen) atoms. The van der Waals surface area contributed by atoms with E-state index in [0.29, 0.717) is 12.0 Å². The van der Waals surface area contributed by atoms with Crippen LogP contribution in [0.4, 0.5) is 0 Å². The van der Waals surface area contributed by atoms with Gasteiger partial charge >= 0.3 is 0 Å². The summed E-state index contributed by atoms with van der Waals surface area (Å²) in [5, 5.41) is 12.7. The molecule has 2 heteroatoms. The summed E-state index contributed by atoms with van der Waals surface area (Å²) in [7, 11) is 0. The lowest BCUT2D eigenvalue weighted by molar-refractivity contribution is 0.201. The summed E-state index contributed by atoms with van der Waals surface area (Å²) in [4.78, 5) is 0. The molecule has 0 heterocycles. The predicted molar refractivity (Wildman–Crippen MR) is 57.1 cm³/mol. The normalized spacial score (nSPS) is 25.0. The van der Waals surface area contributed by atoms with Gasteiger partial charge in [0.05, 0.1) is 0 Å². The molecule has 1 aromatic carbocycles. The first-order valence-corrected chi connectivity index (χ1v) is 5.28. The number of hydrogen-bond donors (Lipinski definition) is 2. The Kier molecular flexibility index (Phi) is 2.85. The summed E-state index contributed by atoms with van der Waals surface area (Å²) >= 11 is 0. The SMILES string of the molecule is CCNC1c2ccccc2CC1CO. The summed E-state index contributed by atoms with van der Waals surface area (Å²) in [5.74, 6) is 0.354. The topological polar surface area (TPSA) is 32.3 Å². The van der Waals surface area contributed by atoms with Gasteiger partial charge in [-0.25, -0.2) is 0 Å². The number of hydrogen-bond acceptors (Lipinski definition) is 2. The van der Waals surface area contributed by atoms with Crippen molar-refractivity contribution in [2.75, 3.05) is 13.2 Å². The van der Waals surface area contributed by atoms with Gasteiger partial charge in [0.15, 0.2) is 0 Å². The van der Waals surface area contributed by atoms with Crippen LogP contribution in [0.15, 0.2) is 24.3 Å². The standard InChI is InChI=1S/C12H17NO/c1-2-13-12-10(8-14)7-9-5-3-4-6-11(9)12/h3-6,10,12-14H,2,7-8H2,1H3. The zero-order valence-electron chi connectivity index (χ0n) is 8.53. The van der Waals surface area contributed by atoms with E-state index in [4.69, 9.17) is 0 Å². The first-order valence-electron chi connectivity index (χ1n) is 5.28. The van der Waals surface area contributed by atoms with Crippen LogP contribution >= 0.6 is 0 Å². The average molecular weight is 191 g/mol. The number of aliphatic hydroxyl groups is 1. The molecule has 0 saturated carbocycles. The first kappa shape index (κ1) is 9.69. The van der Waals surface area contributed by atoms with Gasteiger partial charge in [0, 0.05) is 18.6 Å². The maximum atomic E-state index is 9.30. The van der Waals surface area contributed by atoms with Gasteiger partial charge < -0.3 is 10.4 Å². The third-order valence-corrected chi connectivity index (χ3v) is 3.00. The van der Waals surface area contributed by atoms with Crippen molar-refractivity contribution >= 4 is 0 Å². The fraction of sp³-hybridized carbons (Fsp3) is 0.500. The van der Waals surface area contributed by atoms with Crippen molar-refractivity contribution in [3.05, 3.63) is 35.4 Å².